The van der Waals surface area contributed by atoms with E-state index in [0.29, 0.717) is 29.1 Å². The Kier molecular flexibility index (Phi) is 7.15. The van der Waals surface area contributed by atoms with Crippen LogP contribution < -0.4 is 20.1 Å². The first-order valence-corrected chi connectivity index (χ1v) is 9.43. The molecule has 3 aromatic carbocycles. The van der Waals surface area contributed by atoms with Crippen LogP contribution in [0.2, 0.25) is 0 Å². The number of anilines is 1. The summed E-state index contributed by atoms with van der Waals surface area (Å²) in [4.78, 5) is 12.4. The largest absolute Gasteiger partial charge is 0.573 e. The minimum atomic E-state index is -4.74. The fraction of sp³-hybridized carbons (Fsp3) is 0.174. The van der Waals surface area contributed by atoms with Gasteiger partial charge >= 0.3 is 6.36 Å². The van der Waals surface area contributed by atoms with Gasteiger partial charge in [-0.3, -0.25) is 4.79 Å². The van der Waals surface area contributed by atoms with E-state index in [4.69, 9.17) is 4.74 Å². The average Bonchev–Trinajstić information content (AvgIpc) is 2.74. The molecule has 5 nitrogen and oxygen atoms in total. The van der Waals surface area contributed by atoms with Gasteiger partial charge in [-0.25, -0.2) is 0 Å². The maximum atomic E-state index is 12.5. The molecule has 0 saturated heterocycles. The lowest BCUT2D eigenvalue weighted by atomic mass is 10.1. The van der Waals surface area contributed by atoms with Gasteiger partial charge in [-0.15, -0.1) is 13.2 Å². The molecule has 8 heteroatoms. The quantitative estimate of drug-likeness (QED) is 0.520. The molecule has 3 aromatic rings. The number of alkyl halides is 3. The van der Waals surface area contributed by atoms with Gasteiger partial charge in [0.05, 0.1) is 7.11 Å². The number of hydrogen-bond acceptors (Lipinski definition) is 4. The van der Waals surface area contributed by atoms with Crippen LogP contribution in [0, 0.1) is 0 Å². The van der Waals surface area contributed by atoms with Crippen molar-refractivity contribution < 1.29 is 27.4 Å². The van der Waals surface area contributed by atoms with Crippen molar-refractivity contribution in [3.05, 3.63) is 89.5 Å². The molecule has 0 heterocycles. The van der Waals surface area contributed by atoms with Gasteiger partial charge < -0.3 is 20.1 Å². The van der Waals surface area contributed by atoms with Gasteiger partial charge in [0.15, 0.2) is 0 Å². The van der Waals surface area contributed by atoms with Crippen molar-refractivity contribution in [3.63, 3.8) is 0 Å². The van der Waals surface area contributed by atoms with Crippen LogP contribution in [0.4, 0.5) is 18.9 Å². The lowest BCUT2D eigenvalue weighted by molar-refractivity contribution is -0.274. The molecule has 162 valence electrons. The van der Waals surface area contributed by atoms with E-state index in [-0.39, 0.29) is 18.2 Å². The number of benzene rings is 3. The molecule has 0 radical (unpaired) electrons. The second-order valence-electron chi connectivity index (χ2n) is 6.64. The summed E-state index contributed by atoms with van der Waals surface area (Å²) in [7, 11) is 1.55. The maximum absolute atomic E-state index is 12.5. The molecule has 0 aliphatic rings. The standard InChI is InChI=1S/C23H21F3N2O3/c1-30-20-11-9-17(10-12-20)22(29)28-19-7-4-5-16(13-19)14-27-15-18-6-2-3-8-21(18)31-23(24,25)26/h2-13,27H,14-15H2,1H3,(H,28,29). The van der Waals surface area contributed by atoms with Gasteiger partial charge in [-0.1, -0.05) is 30.3 Å². The molecule has 0 aromatic heterocycles. The summed E-state index contributed by atoms with van der Waals surface area (Å²) in [5, 5.41) is 5.92. The summed E-state index contributed by atoms with van der Waals surface area (Å²) in [6, 6.07) is 19.9. The summed E-state index contributed by atoms with van der Waals surface area (Å²) < 4.78 is 46.7. The van der Waals surface area contributed by atoms with Crippen molar-refractivity contribution in [2.45, 2.75) is 19.5 Å². The van der Waals surface area contributed by atoms with E-state index < -0.39 is 6.36 Å². The van der Waals surface area contributed by atoms with Gasteiger partial charge in [-0.05, 0) is 48.0 Å². The van der Waals surface area contributed by atoms with Crippen molar-refractivity contribution in [2.75, 3.05) is 12.4 Å². The van der Waals surface area contributed by atoms with Crippen LogP contribution in [-0.4, -0.2) is 19.4 Å². The Balaban J connectivity index is 1.58. The molecule has 0 atom stereocenters. The Morgan fingerprint density at radius 2 is 1.68 bits per heavy atom. The molecule has 0 fully saturated rings. The normalized spacial score (nSPS) is 11.1. The third-order valence-electron chi connectivity index (χ3n) is 4.38. The number of halogens is 3. The zero-order valence-electron chi connectivity index (χ0n) is 16.7. The predicted molar refractivity (Wildman–Crippen MR) is 111 cm³/mol. The minimum Gasteiger partial charge on any atom is -0.497 e. The fourth-order valence-electron chi connectivity index (χ4n) is 2.92. The number of hydrogen-bond donors (Lipinski definition) is 2. The average molecular weight is 430 g/mol. The second-order valence-corrected chi connectivity index (χ2v) is 6.64. The lowest BCUT2D eigenvalue weighted by Gasteiger charge is -2.14. The van der Waals surface area contributed by atoms with E-state index in [1.54, 1.807) is 61.7 Å². The van der Waals surface area contributed by atoms with Crippen LogP contribution in [0.5, 0.6) is 11.5 Å². The first-order chi connectivity index (χ1) is 14.8. The number of carbonyl (C=O) groups is 1. The number of para-hydroxylation sites is 1. The summed E-state index contributed by atoms with van der Waals surface area (Å²) in [5.41, 5.74) is 2.36. The van der Waals surface area contributed by atoms with E-state index >= 15 is 0 Å². The number of rotatable bonds is 8. The highest BCUT2D eigenvalue weighted by Crippen LogP contribution is 2.26. The Morgan fingerprint density at radius 3 is 2.39 bits per heavy atom. The Bertz CT molecular complexity index is 1020. The zero-order valence-corrected chi connectivity index (χ0v) is 16.7. The molecule has 2 N–H and O–H groups in total. The van der Waals surface area contributed by atoms with Crippen LogP contribution in [-0.2, 0) is 13.1 Å². The minimum absolute atomic E-state index is 0.189. The fourth-order valence-corrected chi connectivity index (χ4v) is 2.92. The molecule has 0 bridgehead atoms. The van der Waals surface area contributed by atoms with Crippen LogP contribution in [0.25, 0.3) is 0 Å². The SMILES string of the molecule is COc1ccc(C(=O)Nc2cccc(CNCc3ccccc3OC(F)(F)F)c2)cc1. The number of methoxy groups -OCH3 is 1. The maximum Gasteiger partial charge on any atom is 0.573 e. The lowest BCUT2D eigenvalue weighted by Crippen LogP contribution is -2.20. The molecule has 0 aliphatic carbocycles. The molecular formula is C23H21F3N2O3. The second kappa shape index (κ2) is 9.99. The van der Waals surface area contributed by atoms with Gasteiger partial charge in [-0.2, -0.15) is 0 Å². The Morgan fingerprint density at radius 1 is 0.935 bits per heavy atom. The van der Waals surface area contributed by atoms with Crippen molar-refractivity contribution in [1.29, 1.82) is 0 Å². The monoisotopic (exact) mass is 430 g/mol. The number of amides is 1. The summed E-state index contributed by atoms with van der Waals surface area (Å²) in [6.45, 7) is 0.585. The van der Waals surface area contributed by atoms with Gasteiger partial charge in [0.1, 0.15) is 11.5 Å². The Hall–Kier alpha value is -3.52. The first-order valence-electron chi connectivity index (χ1n) is 9.43. The van der Waals surface area contributed by atoms with E-state index in [2.05, 4.69) is 15.4 Å². The van der Waals surface area contributed by atoms with Crippen molar-refractivity contribution in [2.24, 2.45) is 0 Å². The third-order valence-corrected chi connectivity index (χ3v) is 4.38. The molecule has 0 aliphatic heterocycles. The smallest absolute Gasteiger partial charge is 0.497 e. The highest BCUT2D eigenvalue weighted by atomic mass is 19.4. The van der Waals surface area contributed by atoms with Crippen LogP contribution >= 0.6 is 0 Å². The zero-order chi connectivity index (χ0) is 22.3. The van der Waals surface area contributed by atoms with E-state index in [1.807, 2.05) is 6.07 Å². The number of nitrogens with one attached hydrogen (secondary N) is 2. The molecule has 1 amide bonds. The van der Waals surface area contributed by atoms with Crippen molar-refractivity contribution >= 4 is 11.6 Å². The summed E-state index contributed by atoms with van der Waals surface area (Å²) in [5.74, 6) is 0.167. The predicted octanol–water partition coefficient (Wildman–Crippen LogP) is 5.14. The third kappa shape index (κ3) is 6.75. The molecule has 31 heavy (non-hydrogen) atoms. The molecule has 0 spiro atoms. The topological polar surface area (TPSA) is 59.6 Å². The van der Waals surface area contributed by atoms with Crippen LogP contribution in [0.1, 0.15) is 21.5 Å². The highest BCUT2D eigenvalue weighted by molar-refractivity contribution is 6.04. The van der Waals surface area contributed by atoms with E-state index in [0.717, 1.165) is 5.56 Å². The van der Waals surface area contributed by atoms with Crippen molar-refractivity contribution in [3.8, 4) is 11.5 Å². The van der Waals surface area contributed by atoms with Crippen LogP contribution in [0.3, 0.4) is 0 Å². The first kappa shape index (κ1) is 22.2. The molecule has 0 saturated carbocycles. The highest BCUT2D eigenvalue weighted by Gasteiger charge is 2.31. The van der Waals surface area contributed by atoms with Gasteiger partial charge in [0, 0.05) is 29.9 Å². The molecule has 3 rings (SSSR count). The molecular weight excluding hydrogens is 409 g/mol. The van der Waals surface area contributed by atoms with E-state index in [9.17, 15) is 18.0 Å². The van der Waals surface area contributed by atoms with Gasteiger partial charge in [0.2, 0.25) is 0 Å². The molecule has 0 unspecified atom stereocenters. The van der Waals surface area contributed by atoms with Crippen molar-refractivity contribution in [1.82, 2.24) is 5.32 Å². The summed E-state index contributed by atoms with van der Waals surface area (Å²) in [6.07, 6.45) is -4.74. The van der Waals surface area contributed by atoms with Crippen LogP contribution in [0.15, 0.2) is 72.8 Å². The summed E-state index contributed by atoms with van der Waals surface area (Å²) >= 11 is 0. The number of ether oxygens (including phenoxy) is 2. The number of carbonyl (C=O) groups excluding carboxylic acids is 1. The Labute approximate surface area is 177 Å². The van der Waals surface area contributed by atoms with E-state index in [1.165, 1.54) is 12.1 Å². The van der Waals surface area contributed by atoms with Gasteiger partial charge in [0.25, 0.3) is 5.91 Å².